The first-order valence-corrected chi connectivity index (χ1v) is 7.52. The molecule has 6 nitrogen and oxygen atoms in total. The van der Waals surface area contributed by atoms with Gasteiger partial charge in [0.15, 0.2) is 0 Å². The Morgan fingerprint density at radius 1 is 1.35 bits per heavy atom. The van der Waals surface area contributed by atoms with Crippen LogP contribution in [0.25, 0.3) is 0 Å². The molecule has 1 aliphatic carbocycles. The van der Waals surface area contributed by atoms with Gasteiger partial charge < -0.3 is 10.6 Å². The maximum atomic E-state index is 12.6. The number of aromatic nitrogens is 2. The van der Waals surface area contributed by atoms with Crippen molar-refractivity contribution in [2.45, 2.75) is 26.3 Å². The molecule has 0 atom stereocenters. The monoisotopic (exact) mass is 277 g/mol. The van der Waals surface area contributed by atoms with Gasteiger partial charge in [0.25, 0.3) is 5.91 Å². The number of nitrogen functional groups attached to an aromatic ring is 1. The first-order chi connectivity index (χ1) is 9.69. The highest BCUT2D eigenvalue weighted by molar-refractivity contribution is 5.97. The van der Waals surface area contributed by atoms with Crippen LogP contribution in [0.3, 0.4) is 0 Å². The zero-order valence-corrected chi connectivity index (χ0v) is 12.1. The van der Waals surface area contributed by atoms with Crippen LogP contribution in [0.5, 0.6) is 0 Å². The van der Waals surface area contributed by atoms with Crippen molar-refractivity contribution in [2.24, 2.45) is 5.92 Å². The van der Waals surface area contributed by atoms with Gasteiger partial charge >= 0.3 is 0 Å². The third-order valence-electron chi connectivity index (χ3n) is 4.24. The molecule has 3 rings (SSSR count). The molecule has 20 heavy (non-hydrogen) atoms. The Labute approximate surface area is 119 Å². The minimum Gasteiger partial charge on any atom is -0.396 e. The molecular weight excluding hydrogens is 254 g/mol. The van der Waals surface area contributed by atoms with Crippen molar-refractivity contribution in [3.8, 4) is 0 Å². The Balaban J connectivity index is 1.61. The lowest BCUT2D eigenvalue weighted by Crippen LogP contribution is -2.49. The number of nitrogens with two attached hydrogens (primary N) is 1. The van der Waals surface area contributed by atoms with E-state index in [1.54, 1.807) is 10.9 Å². The molecule has 1 aromatic rings. The van der Waals surface area contributed by atoms with Gasteiger partial charge in [0.2, 0.25) is 0 Å². The normalized spacial score (nSPS) is 20.4. The van der Waals surface area contributed by atoms with Gasteiger partial charge in [0.1, 0.15) is 5.69 Å². The van der Waals surface area contributed by atoms with Crippen LogP contribution < -0.4 is 5.73 Å². The third-order valence-corrected chi connectivity index (χ3v) is 4.24. The van der Waals surface area contributed by atoms with Crippen LogP contribution in [-0.2, 0) is 6.54 Å². The van der Waals surface area contributed by atoms with E-state index in [0.29, 0.717) is 17.9 Å². The molecule has 2 N–H and O–H groups in total. The number of rotatable bonds is 4. The molecular formula is C14H23N5O. The SMILES string of the molecule is CCn1ncc(N)c1C(=O)N1CCN(CC2CC2)CC1. The molecule has 2 aliphatic rings. The lowest BCUT2D eigenvalue weighted by atomic mass is 10.2. The van der Waals surface area contributed by atoms with E-state index in [0.717, 1.165) is 32.1 Å². The van der Waals surface area contributed by atoms with Gasteiger partial charge in [-0.25, -0.2) is 0 Å². The molecule has 2 fully saturated rings. The molecule has 1 aliphatic heterocycles. The Kier molecular flexibility index (Phi) is 3.65. The van der Waals surface area contributed by atoms with E-state index in [1.165, 1.54) is 19.4 Å². The zero-order chi connectivity index (χ0) is 14.1. The quantitative estimate of drug-likeness (QED) is 0.877. The number of amides is 1. The molecule has 1 saturated carbocycles. The Hall–Kier alpha value is -1.56. The predicted molar refractivity (Wildman–Crippen MR) is 77.4 cm³/mol. The summed E-state index contributed by atoms with van der Waals surface area (Å²) in [5.74, 6) is 0.933. The number of piperazine rings is 1. The van der Waals surface area contributed by atoms with Gasteiger partial charge in [-0.1, -0.05) is 0 Å². The van der Waals surface area contributed by atoms with Crippen molar-refractivity contribution in [3.05, 3.63) is 11.9 Å². The molecule has 6 heteroatoms. The number of carbonyl (C=O) groups excluding carboxylic acids is 1. The highest BCUT2D eigenvalue weighted by Crippen LogP contribution is 2.30. The number of hydrogen-bond acceptors (Lipinski definition) is 4. The molecule has 0 bridgehead atoms. The summed E-state index contributed by atoms with van der Waals surface area (Å²) in [6, 6.07) is 0. The number of hydrogen-bond donors (Lipinski definition) is 1. The molecule has 1 saturated heterocycles. The fraction of sp³-hybridized carbons (Fsp3) is 0.714. The maximum Gasteiger partial charge on any atom is 0.274 e. The van der Waals surface area contributed by atoms with Crippen molar-refractivity contribution in [1.29, 1.82) is 0 Å². The maximum absolute atomic E-state index is 12.6. The van der Waals surface area contributed by atoms with Crippen molar-refractivity contribution in [3.63, 3.8) is 0 Å². The van der Waals surface area contributed by atoms with Crippen LogP contribution in [0.4, 0.5) is 5.69 Å². The highest BCUT2D eigenvalue weighted by atomic mass is 16.2. The van der Waals surface area contributed by atoms with E-state index in [2.05, 4.69) is 10.00 Å². The minimum atomic E-state index is 0.0212. The van der Waals surface area contributed by atoms with Crippen molar-refractivity contribution >= 4 is 11.6 Å². The van der Waals surface area contributed by atoms with E-state index >= 15 is 0 Å². The van der Waals surface area contributed by atoms with Crippen LogP contribution in [-0.4, -0.2) is 58.2 Å². The van der Waals surface area contributed by atoms with Crippen LogP contribution in [0, 0.1) is 5.92 Å². The summed E-state index contributed by atoms with van der Waals surface area (Å²) in [6.07, 6.45) is 4.33. The molecule has 1 amide bonds. The minimum absolute atomic E-state index is 0.0212. The summed E-state index contributed by atoms with van der Waals surface area (Å²) in [4.78, 5) is 16.9. The average molecular weight is 277 g/mol. The molecule has 2 heterocycles. The first kappa shape index (κ1) is 13.4. The zero-order valence-electron chi connectivity index (χ0n) is 12.1. The summed E-state index contributed by atoms with van der Waals surface area (Å²) < 4.78 is 1.69. The van der Waals surface area contributed by atoms with Gasteiger partial charge in [0.05, 0.1) is 11.9 Å². The molecule has 110 valence electrons. The Bertz CT molecular complexity index is 486. The van der Waals surface area contributed by atoms with E-state index < -0.39 is 0 Å². The van der Waals surface area contributed by atoms with Crippen molar-refractivity contribution in [2.75, 3.05) is 38.5 Å². The van der Waals surface area contributed by atoms with Gasteiger partial charge in [-0.05, 0) is 25.7 Å². The van der Waals surface area contributed by atoms with E-state index in [4.69, 9.17) is 5.73 Å². The second kappa shape index (κ2) is 5.44. The van der Waals surface area contributed by atoms with Crippen LogP contribution in [0.2, 0.25) is 0 Å². The fourth-order valence-corrected chi connectivity index (χ4v) is 2.82. The first-order valence-electron chi connectivity index (χ1n) is 7.52. The lowest BCUT2D eigenvalue weighted by molar-refractivity contribution is 0.0621. The van der Waals surface area contributed by atoms with E-state index in [1.807, 2.05) is 11.8 Å². The molecule has 0 aromatic carbocycles. The van der Waals surface area contributed by atoms with Gasteiger partial charge in [-0.15, -0.1) is 0 Å². The second-order valence-electron chi connectivity index (χ2n) is 5.80. The third kappa shape index (κ3) is 2.65. The molecule has 0 unspecified atom stereocenters. The summed E-state index contributed by atoms with van der Waals surface area (Å²) >= 11 is 0. The number of carbonyl (C=O) groups is 1. The topological polar surface area (TPSA) is 67.4 Å². The highest BCUT2D eigenvalue weighted by Gasteiger charge is 2.29. The Morgan fingerprint density at radius 3 is 2.65 bits per heavy atom. The van der Waals surface area contributed by atoms with Crippen LogP contribution in [0.1, 0.15) is 30.3 Å². The number of aryl methyl sites for hydroxylation is 1. The fourth-order valence-electron chi connectivity index (χ4n) is 2.82. The molecule has 1 aromatic heterocycles. The number of nitrogens with zero attached hydrogens (tertiary/aromatic N) is 4. The summed E-state index contributed by atoms with van der Waals surface area (Å²) in [6.45, 7) is 7.37. The summed E-state index contributed by atoms with van der Waals surface area (Å²) in [5, 5.41) is 4.15. The summed E-state index contributed by atoms with van der Waals surface area (Å²) in [7, 11) is 0. The van der Waals surface area contributed by atoms with E-state index in [-0.39, 0.29) is 5.91 Å². The van der Waals surface area contributed by atoms with Gasteiger partial charge in [-0.2, -0.15) is 5.10 Å². The van der Waals surface area contributed by atoms with Crippen molar-refractivity contribution in [1.82, 2.24) is 19.6 Å². The number of anilines is 1. The van der Waals surface area contributed by atoms with E-state index in [9.17, 15) is 4.79 Å². The summed E-state index contributed by atoms with van der Waals surface area (Å²) in [5.41, 5.74) is 6.91. The van der Waals surface area contributed by atoms with Crippen LogP contribution >= 0.6 is 0 Å². The van der Waals surface area contributed by atoms with Crippen LogP contribution in [0.15, 0.2) is 6.20 Å². The van der Waals surface area contributed by atoms with Gasteiger partial charge in [0, 0.05) is 39.3 Å². The molecule has 0 radical (unpaired) electrons. The smallest absolute Gasteiger partial charge is 0.274 e. The standard InChI is InChI=1S/C14H23N5O/c1-2-19-13(12(15)9-16-19)14(20)18-7-5-17(6-8-18)10-11-3-4-11/h9,11H,2-8,10,15H2,1H3. The second-order valence-corrected chi connectivity index (χ2v) is 5.80. The van der Waals surface area contributed by atoms with Gasteiger partial charge in [-0.3, -0.25) is 14.4 Å². The van der Waals surface area contributed by atoms with Crippen molar-refractivity contribution < 1.29 is 4.79 Å². The predicted octanol–water partition coefficient (Wildman–Crippen LogP) is 0.653. The largest absolute Gasteiger partial charge is 0.396 e. The Morgan fingerprint density at radius 2 is 2.05 bits per heavy atom. The lowest BCUT2D eigenvalue weighted by Gasteiger charge is -2.34. The molecule has 0 spiro atoms. The average Bonchev–Trinajstić information content (AvgIpc) is 3.19.